The molecule has 1 amide bonds. The molecule has 0 aliphatic carbocycles. The maximum atomic E-state index is 12.9. The van der Waals surface area contributed by atoms with Crippen LogP contribution in [0.2, 0.25) is 0 Å². The number of rotatable bonds is 5. The summed E-state index contributed by atoms with van der Waals surface area (Å²) in [7, 11) is 0. The normalized spacial score (nSPS) is 12.6. The smallest absolute Gasteiger partial charge is 0.324 e. The van der Waals surface area contributed by atoms with Gasteiger partial charge in [-0.25, -0.2) is 0 Å². The average molecular weight is 423 g/mol. The number of carbonyl (C=O) groups is 1. The van der Waals surface area contributed by atoms with Gasteiger partial charge in [-0.1, -0.05) is 55.5 Å². The number of amides is 1. The van der Waals surface area contributed by atoms with Crippen molar-refractivity contribution in [2.45, 2.75) is 25.6 Å². The molecule has 4 rings (SSSR count). The first-order valence-electron chi connectivity index (χ1n) is 9.87. The van der Waals surface area contributed by atoms with Crippen molar-refractivity contribution in [2.24, 2.45) is 0 Å². The maximum Gasteiger partial charge on any atom is 0.416 e. The van der Waals surface area contributed by atoms with Crippen molar-refractivity contribution in [3.05, 3.63) is 84.7 Å². The number of halogens is 3. The van der Waals surface area contributed by atoms with Gasteiger partial charge < -0.3 is 5.32 Å². The van der Waals surface area contributed by atoms with Crippen LogP contribution in [0.15, 0.2) is 79.1 Å². The van der Waals surface area contributed by atoms with Gasteiger partial charge in [0.15, 0.2) is 0 Å². The summed E-state index contributed by atoms with van der Waals surface area (Å²) in [5.41, 5.74) is 1.15. The SMILES string of the molecule is CCC(C(=O)Nc1cccc(C(F)(F)F)c1)n1cc(-c2cccc3ccccc23)cn1. The summed E-state index contributed by atoms with van der Waals surface area (Å²) in [6, 6.07) is 17.9. The minimum absolute atomic E-state index is 0.0970. The van der Waals surface area contributed by atoms with Crippen molar-refractivity contribution in [1.29, 1.82) is 0 Å². The molecule has 1 atom stereocenters. The van der Waals surface area contributed by atoms with Crippen LogP contribution in [0, 0.1) is 0 Å². The summed E-state index contributed by atoms with van der Waals surface area (Å²) >= 11 is 0. The highest BCUT2D eigenvalue weighted by Gasteiger charge is 2.30. The molecular weight excluding hydrogens is 403 g/mol. The van der Waals surface area contributed by atoms with E-state index in [0.29, 0.717) is 6.42 Å². The molecule has 0 aliphatic heterocycles. The fourth-order valence-corrected chi connectivity index (χ4v) is 3.62. The lowest BCUT2D eigenvalue weighted by atomic mass is 10.0. The lowest BCUT2D eigenvalue weighted by molar-refractivity contribution is -0.137. The topological polar surface area (TPSA) is 46.9 Å². The van der Waals surface area contributed by atoms with Crippen LogP contribution in [0.25, 0.3) is 21.9 Å². The Hall–Kier alpha value is -3.61. The van der Waals surface area contributed by atoms with Crippen molar-refractivity contribution >= 4 is 22.4 Å². The Balaban J connectivity index is 1.59. The maximum absolute atomic E-state index is 12.9. The van der Waals surface area contributed by atoms with Gasteiger partial charge in [0.25, 0.3) is 0 Å². The standard InChI is InChI=1S/C24H20F3N3O/c1-2-22(23(31)29-19-10-6-9-18(13-19)24(25,26)27)30-15-17(14-28-30)21-12-5-8-16-7-3-4-11-20(16)21/h3-15,22H,2H2,1H3,(H,29,31). The van der Waals surface area contributed by atoms with Crippen LogP contribution in [0.3, 0.4) is 0 Å². The molecule has 1 unspecified atom stereocenters. The van der Waals surface area contributed by atoms with Gasteiger partial charge in [0.05, 0.1) is 11.8 Å². The van der Waals surface area contributed by atoms with Crippen LogP contribution < -0.4 is 5.32 Å². The molecule has 0 radical (unpaired) electrons. The van der Waals surface area contributed by atoms with E-state index in [1.54, 1.807) is 17.1 Å². The molecule has 1 N–H and O–H groups in total. The summed E-state index contributed by atoms with van der Waals surface area (Å²) in [5.74, 6) is -0.422. The molecule has 1 aromatic heterocycles. The van der Waals surface area contributed by atoms with Gasteiger partial charge in [-0.05, 0) is 41.0 Å². The molecule has 7 heteroatoms. The molecule has 4 aromatic rings. The number of nitrogens with zero attached hydrogens (tertiary/aromatic N) is 2. The molecule has 31 heavy (non-hydrogen) atoms. The first kappa shape index (κ1) is 20.7. The molecule has 0 fully saturated rings. The molecule has 0 saturated carbocycles. The Labute approximate surface area is 177 Å². The lowest BCUT2D eigenvalue weighted by Gasteiger charge is -2.16. The Kier molecular flexibility index (Phi) is 5.50. The minimum Gasteiger partial charge on any atom is -0.324 e. The van der Waals surface area contributed by atoms with Crippen LogP contribution in [-0.2, 0) is 11.0 Å². The van der Waals surface area contributed by atoms with Crippen molar-refractivity contribution in [3.8, 4) is 11.1 Å². The number of carbonyl (C=O) groups excluding carboxylic acids is 1. The molecule has 3 aromatic carbocycles. The first-order valence-corrected chi connectivity index (χ1v) is 9.87. The highest BCUT2D eigenvalue weighted by molar-refractivity contribution is 5.97. The largest absolute Gasteiger partial charge is 0.416 e. The predicted molar refractivity (Wildman–Crippen MR) is 115 cm³/mol. The van der Waals surface area contributed by atoms with E-state index in [-0.39, 0.29) is 5.69 Å². The highest BCUT2D eigenvalue weighted by Crippen LogP contribution is 2.31. The molecular formula is C24H20F3N3O. The number of anilines is 1. The summed E-state index contributed by atoms with van der Waals surface area (Å²) < 4.78 is 40.4. The van der Waals surface area contributed by atoms with Gasteiger partial charge in [0.1, 0.15) is 6.04 Å². The molecule has 158 valence electrons. The predicted octanol–water partition coefficient (Wildman–Crippen LogP) is 6.31. The Morgan fingerprint density at radius 2 is 1.81 bits per heavy atom. The third-order valence-corrected chi connectivity index (χ3v) is 5.17. The van der Waals surface area contributed by atoms with Crippen molar-refractivity contribution < 1.29 is 18.0 Å². The van der Waals surface area contributed by atoms with E-state index < -0.39 is 23.7 Å². The van der Waals surface area contributed by atoms with Crippen LogP contribution >= 0.6 is 0 Å². The van der Waals surface area contributed by atoms with Crippen molar-refractivity contribution in [3.63, 3.8) is 0 Å². The van der Waals surface area contributed by atoms with Crippen molar-refractivity contribution in [1.82, 2.24) is 9.78 Å². The highest BCUT2D eigenvalue weighted by atomic mass is 19.4. The summed E-state index contributed by atoms with van der Waals surface area (Å²) in [6.45, 7) is 1.83. The molecule has 0 spiro atoms. The van der Waals surface area contributed by atoms with Gasteiger partial charge >= 0.3 is 6.18 Å². The zero-order valence-electron chi connectivity index (χ0n) is 16.7. The Bertz CT molecular complexity index is 1220. The minimum atomic E-state index is -4.47. The van der Waals surface area contributed by atoms with E-state index in [1.165, 1.54) is 12.1 Å². The number of alkyl halides is 3. The third kappa shape index (κ3) is 4.30. The van der Waals surface area contributed by atoms with Crippen molar-refractivity contribution in [2.75, 3.05) is 5.32 Å². The van der Waals surface area contributed by atoms with Crippen LogP contribution in [0.5, 0.6) is 0 Å². The zero-order chi connectivity index (χ0) is 22.0. The lowest BCUT2D eigenvalue weighted by Crippen LogP contribution is -2.26. The average Bonchev–Trinajstić information content (AvgIpc) is 3.23. The van der Waals surface area contributed by atoms with E-state index in [1.807, 2.05) is 49.4 Å². The zero-order valence-corrected chi connectivity index (χ0v) is 16.7. The number of hydrogen-bond donors (Lipinski definition) is 1. The third-order valence-electron chi connectivity index (χ3n) is 5.17. The summed E-state index contributed by atoms with van der Waals surface area (Å²) in [5, 5.41) is 9.12. The fraction of sp³-hybridized carbons (Fsp3) is 0.167. The number of hydrogen-bond acceptors (Lipinski definition) is 2. The monoisotopic (exact) mass is 423 g/mol. The van der Waals surface area contributed by atoms with Crippen LogP contribution in [-0.4, -0.2) is 15.7 Å². The molecule has 0 bridgehead atoms. The van der Waals surface area contributed by atoms with Gasteiger partial charge in [-0.2, -0.15) is 18.3 Å². The quantitative estimate of drug-likeness (QED) is 0.409. The first-order chi connectivity index (χ1) is 14.9. The second-order valence-corrected chi connectivity index (χ2v) is 7.23. The van der Waals surface area contributed by atoms with E-state index >= 15 is 0 Å². The number of benzene rings is 3. The molecule has 1 heterocycles. The van der Waals surface area contributed by atoms with Gasteiger partial charge in [-0.15, -0.1) is 0 Å². The number of nitrogens with one attached hydrogen (secondary N) is 1. The van der Waals surface area contributed by atoms with Gasteiger partial charge in [0.2, 0.25) is 5.91 Å². The summed E-state index contributed by atoms with van der Waals surface area (Å²) in [4.78, 5) is 12.8. The van der Waals surface area contributed by atoms with E-state index in [4.69, 9.17) is 0 Å². The van der Waals surface area contributed by atoms with E-state index in [2.05, 4.69) is 10.4 Å². The Morgan fingerprint density at radius 3 is 2.58 bits per heavy atom. The summed E-state index contributed by atoms with van der Waals surface area (Å²) in [6.07, 6.45) is -0.550. The second-order valence-electron chi connectivity index (χ2n) is 7.23. The molecule has 0 aliphatic rings. The molecule has 4 nitrogen and oxygen atoms in total. The fourth-order valence-electron chi connectivity index (χ4n) is 3.62. The second kappa shape index (κ2) is 8.26. The van der Waals surface area contributed by atoms with E-state index in [0.717, 1.165) is 34.0 Å². The van der Waals surface area contributed by atoms with Crippen LogP contribution in [0.4, 0.5) is 18.9 Å². The Morgan fingerprint density at radius 1 is 1.06 bits per heavy atom. The molecule has 0 saturated heterocycles. The van der Waals surface area contributed by atoms with E-state index in [9.17, 15) is 18.0 Å². The number of fused-ring (bicyclic) bond motifs is 1. The van der Waals surface area contributed by atoms with Gasteiger partial charge in [0, 0.05) is 17.4 Å². The van der Waals surface area contributed by atoms with Gasteiger partial charge in [-0.3, -0.25) is 9.48 Å². The van der Waals surface area contributed by atoms with Crippen LogP contribution in [0.1, 0.15) is 24.9 Å². The number of aromatic nitrogens is 2.